The van der Waals surface area contributed by atoms with E-state index in [2.05, 4.69) is 9.82 Å². The molecule has 0 saturated heterocycles. The molecule has 1 N–H and O–H groups in total. The first-order chi connectivity index (χ1) is 12.1. The Balaban J connectivity index is 1.68. The minimum Gasteiger partial charge on any atom is -0.268 e. The van der Waals surface area contributed by atoms with E-state index in [0.717, 1.165) is 11.1 Å². The third-order valence-corrected chi connectivity index (χ3v) is 5.15. The predicted octanol–water partition coefficient (Wildman–Crippen LogP) is 1.89. The maximum absolute atomic E-state index is 12.3. The summed E-state index contributed by atoms with van der Waals surface area (Å²) in [5.74, 6) is 0. The molecule has 0 aliphatic carbocycles. The summed E-state index contributed by atoms with van der Waals surface area (Å²) in [4.78, 5) is 11.7. The summed E-state index contributed by atoms with van der Waals surface area (Å²) in [6.45, 7) is 0.251. The number of benzene rings is 2. The van der Waals surface area contributed by atoms with Gasteiger partial charge in [-0.05, 0) is 29.3 Å². The van der Waals surface area contributed by atoms with Gasteiger partial charge in [0, 0.05) is 18.8 Å². The van der Waals surface area contributed by atoms with Crippen molar-refractivity contribution in [3.05, 3.63) is 83.3 Å². The van der Waals surface area contributed by atoms with Crippen LogP contribution >= 0.6 is 0 Å². The number of sulfonamides is 1. The molecule has 0 fully saturated rings. The van der Waals surface area contributed by atoms with E-state index in [4.69, 9.17) is 0 Å². The van der Waals surface area contributed by atoms with Crippen LogP contribution in [0.25, 0.3) is 11.1 Å². The molecule has 3 aromatic rings. The van der Waals surface area contributed by atoms with Crippen molar-refractivity contribution in [1.29, 1.82) is 0 Å². The fraction of sp³-hybridized carbons (Fsp3) is 0.111. The van der Waals surface area contributed by atoms with Crippen LogP contribution < -0.4 is 10.3 Å². The van der Waals surface area contributed by atoms with Crippen molar-refractivity contribution in [2.45, 2.75) is 11.4 Å². The van der Waals surface area contributed by atoms with Crippen molar-refractivity contribution in [3.8, 4) is 11.1 Å². The zero-order valence-electron chi connectivity index (χ0n) is 13.4. The lowest BCUT2D eigenvalue weighted by Crippen LogP contribution is -2.31. The molecule has 0 atom stereocenters. The van der Waals surface area contributed by atoms with Crippen LogP contribution in [0.4, 0.5) is 0 Å². The number of rotatable bonds is 6. The molecule has 25 heavy (non-hydrogen) atoms. The summed E-state index contributed by atoms with van der Waals surface area (Å²) in [5, 5.41) is 3.89. The van der Waals surface area contributed by atoms with E-state index in [1.807, 2.05) is 30.3 Å². The van der Waals surface area contributed by atoms with Gasteiger partial charge in [-0.15, -0.1) is 0 Å². The lowest BCUT2D eigenvalue weighted by Gasteiger charge is -2.08. The molecule has 0 aliphatic rings. The van der Waals surface area contributed by atoms with Crippen molar-refractivity contribution >= 4 is 10.0 Å². The first kappa shape index (κ1) is 17.1. The van der Waals surface area contributed by atoms with Crippen molar-refractivity contribution < 1.29 is 8.42 Å². The fourth-order valence-electron chi connectivity index (χ4n) is 2.38. The zero-order valence-corrected chi connectivity index (χ0v) is 14.2. The van der Waals surface area contributed by atoms with Crippen molar-refractivity contribution in [1.82, 2.24) is 14.5 Å². The Hall–Kier alpha value is -2.77. The second kappa shape index (κ2) is 7.42. The Morgan fingerprint density at radius 2 is 1.56 bits per heavy atom. The smallest absolute Gasteiger partial charge is 0.266 e. The minimum absolute atomic E-state index is 0.0830. The summed E-state index contributed by atoms with van der Waals surface area (Å²) in [6.07, 6.45) is 1.48. The fourth-order valence-corrected chi connectivity index (χ4v) is 3.40. The Bertz CT molecular complexity index is 997. The molecule has 0 bridgehead atoms. The molecule has 1 heterocycles. The number of hydrogen-bond acceptors (Lipinski definition) is 4. The van der Waals surface area contributed by atoms with Crippen molar-refractivity contribution in [2.24, 2.45) is 0 Å². The maximum atomic E-state index is 12.3. The van der Waals surface area contributed by atoms with E-state index in [1.165, 1.54) is 23.0 Å². The van der Waals surface area contributed by atoms with Gasteiger partial charge in [0.25, 0.3) is 5.56 Å². The van der Waals surface area contributed by atoms with Gasteiger partial charge in [0.15, 0.2) is 0 Å². The monoisotopic (exact) mass is 355 g/mol. The van der Waals surface area contributed by atoms with Crippen LogP contribution in [-0.4, -0.2) is 24.7 Å². The number of nitrogens with zero attached hydrogens (tertiary/aromatic N) is 2. The van der Waals surface area contributed by atoms with E-state index >= 15 is 0 Å². The summed E-state index contributed by atoms with van der Waals surface area (Å²) >= 11 is 0. The minimum atomic E-state index is -3.64. The molecule has 0 amide bonds. The lowest BCUT2D eigenvalue weighted by molar-refractivity contribution is 0.547. The Morgan fingerprint density at radius 3 is 2.24 bits per heavy atom. The predicted molar refractivity (Wildman–Crippen MR) is 95.6 cm³/mol. The van der Waals surface area contributed by atoms with Crippen LogP contribution in [0.15, 0.2) is 82.6 Å². The SMILES string of the molecule is O=c1cccnn1CCNS(=O)(=O)c1ccc(-c2ccccc2)cc1. The van der Waals surface area contributed by atoms with Crippen molar-refractivity contribution in [2.75, 3.05) is 6.54 Å². The average Bonchev–Trinajstić information content (AvgIpc) is 2.64. The molecule has 0 unspecified atom stereocenters. The van der Waals surface area contributed by atoms with Gasteiger partial charge >= 0.3 is 0 Å². The van der Waals surface area contributed by atoms with Crippen LogP contribution in [0.3, 0.4) is 0 Å². The molecule has 1 aromatic heterocycles. The Morgan fingerprint density at radius 1 is 0.880 bits per heavy atom. The molecule has 0 radical (unpaired) electrons. The van der Waals surface area contributed by atoms with Crippen molar-refractivity contribution in [3.63, 3.8) is 0 Å². The highest BCUT2D eigenvalue weighted by molar-refractivity contribution is 7.89. The molecular formula is C18H17N3O3S. The Labute approximate surface area is 145 Å². The zero-order chi connectivity index (χ0) is 17.7. The normalized spacial score (nSPS) is 11.4. The molecule has 6 nitrogen and oxygen atoms in total. The Kier molecular flexibility index (Phi) is 5.06. The van der Waals surface area contributed by atoms with Gasteiger partial charge in [0.05, 0.1) is 11.4 Å². The third kappa shape index (κ3) is 4.20. The molecular weight excluding hydrogens is 338 g/mol. The van der Waals surface area contributed by atoms with E-state index in [-0.39, 0.29) is 23.5 Å². The standard InChI is InChI=1S/C18H17N3O3S/c22-18-7-4-12-19-21(18)14-13-20-25(23,24)17-10-8-16(9-11-17)15-5-2-1-3-6-15/h1-12,20H,13-14H2. The van der Waals surface area contributed by atoms with Gasteiger partial charge in [-0.25, -0.2) is 17.8 Å². The second-order valence-electron chi connectivity index (χ2n) is 5.37. The van der Waals surface area contributed by atoms with Crippen LogP contribution in [0.2, 0.25) is 0 Å². The maximum Gasteiger partial charge on any atom is 0.266 e. The van der Waals surface area contributed by atoms with Crippen LogP contribution in [-0.2, 0) is 16.6 Å². The first-order valence-corrected chi connectivity index (χ1v) is 9.22. The van der Waals surface area contributed by atoms with Crippen LogP contribution in [0.5, 0.6) is 0 Å². The van der Waals surface area contributed by atoms with Gasteiger partial charge in [0.1, 0.15) is 0 Å². The van der Waals surface area contributed by atoms with E-state index < -0.39 is 10.0 Å². The molecule has 2 aromatic carbocycles. The highest BCUT2D eigenvalue weighted by Gasteiger charge is 2.13. The van der Waals surface area contributed by atoms with Gasteiger partial charge in [-0.2, -0.15) is 5.10 Å². The van der Waals surface area contributed by atoms with Gasteiger partial charge in [-0.3, -0.25) is 4.79 Å². The second-order valence-corrected chi connectivity index (χ2v) is 7.14. The number of nitrogens with one attached hydrogen (secondary N) is 1. The number of aromatic nitrogens is 2. The topological polar surface area (TPSA) is 81.1 Å². The van der Waals surface area contributed by atoms with E-state index in [9.17, 15) is 13.2 Å². The molecule has 0 aliphatic heterocycles. The van der Waals surface area contributed by atoms with Gasteiger partial charge in [-0.1, -0.05) is 42.5 Å². The molecule has 0 spiro atoms. The number of hydrogen-bond donors (Lipinski definition) is 1. The summed E-state index contributed by atoms with van der Waals surface area (Å²) in [5.41, 5.74) is 1.70. The highest BCUT2D eigenvalue weighted by Crippen LogP contribution is 2.20. The quantitative estimate of drug-likeness (QED) is 0.732. The molecule has 3 rings (SSSR count). The van der Waals surface area contributed by atoms with E-state index in [1.54, 1.807) is 24.3 Å². The third-order valence-electron chi connectivity index (χ3n) is 3.67. The lowest BCUT2D eigenvalue weighted by atomic mass is 10.1. The molecule has 0 saturated carbocycles. The summed E-state index contributed by atoms with van der Waals surface area (Å²) in [7, 11) is -3.64. The summed E-state index contributed by atoms with van der Waals surface area (Å²) in [6, 6.07) is 19.3. The average molecular weight is 355 g/mol. The van der Waals surface area contributed by atoms with Gasteiger partial charge in [0.2, 0.25) is 10.0 Å². The summed E-state index contributed by atoms with van der Waals surface area (Å²) < 4.78 is 28.4. The molecule has 7 heteroatoms. The van der Waals surface area contributed by atoms with E-state index in [0.29, 0.717) is 0 Å². The van der Waals surface area contributed by atoms with Gasteiger partial charge < -0.3 is 0 Å². The molecule has 128 valence electrons. The first-order valence-electron chi connectivity index (χ1n) is 7.73. The largest absolute Gasteiger partial charge is 0.268 e. The highest BCUT2D eigenvalue weighted by atomic mass is 32.2. The van der Waals surface area contributed by atoms with Crippen LogP contribution in [0.1, 0.15) is 0 Å². The van der Waals surface area contributed by atoms with Crippen LogP contribution in [0, 0.1) is 0 Å².